The molecule has 0 unspecified atom stereocenters. The Morgan fingerprint density at radius 2 is 1.87 bits per heavy atom. The van der Waals surface area contributed by atoms with E-state index in [2.05, 4.69) is 15.2 Å². The largest absolute Gasteiger partial charge is 0.493 e. The van der Waals surface area contributed by atoms with Crippen LogP contribution in [0.4, 0.5) is 0 Å². The van der Waals surface area contributed by atoms with Gasteiger partial charge in [-0.05, 0) is 43.6 Å². The number of fused-ring (bicyclic) bond motifs is 1. The van der Waals surface area contributed by atoms with E-state index >= 15 is 0 Å². The minimum Gasteiger partial charge on any atom is -0.493 e. The van der Waals surface area contributed by atoms with Crippen molar-refractivity contribution >= 4 is 28.2 Å². The molecule has 1 fully saturated rings. The molecule has 0 radical (unpaired) electrons. The number of nitrogens with one attached hydrogen (secondary N) is 2. The molecule has 1 aromatic carbocycles. The Morgan fingerprint density at radius 3 is 2.53 bits per heavy atom. The molecule has 2 N–H and O–H groups in total. The molecule has 1 heterocycles. The lowest BCUT2D eigenvalue weighted by atomic mass is 10.1. The van der Waals surface area contributed by atoms with Gasteiger partial charge < -0.3 is 29.4 Å². The number of thiocarbonyl (C=S) groups is 1. The maximum Gasteiger partial charge on any atom is 0.253 e. The molecule has 2 aromatic rings. The first-order valence-corrected chi connectivity index (χ1v) is 10.8. The molecule has 164 valence electrons. The zero-order valence-corrected chi connectivity index (χ0v) is 18.8. The van der Waals surface area contributed by atoms with Gasteiger partial charge in [0, 0.05) is 43.3 Å². The molecule has 1 aliphatic carbocycles. The minimum absolute atomic E-state index is 0.111. The van der Waals surface area contributed by atoms with E-state index in [0.29, 0.717) is 46.9 Å². The molecule has 1 saturated carbocycles. The lowest BCUT2D eigenvalue weighted by Crippen LogP contribution is -2.45. The standard InChI is InChI=1S/C22H31N3O4S/c1-27-10-6-9-23-22(30)25(17-7-4-5-8-17)14-16-11-15-12-19(28-2)20(29-3)13-18(15)24-21(16)26/h11-13,17H,4-10,14H2,1-3H3,(H,23,30)(H,24,26). The van der Waals surface area contributed by atoms with Crippen molar-refractivity contribution in [1.29, 1.82) is 0 Å². The molecule has 3 rings (SSSR count). The van der Waals surface area contributed by atoms with Gasteiger partial charge in [-0.15, -0.1) is 0 Å². The topological polar surface area (TPSA) is 75.8 Å². The molecule has 1 aromatic heterocycles. The highest BCUT2D eigenvalue weighted by molar-refractivity contribution is 7.80. The third-order valence-electron chi connectivity index (χ3n) is 5.59. The van der Waals surface area contributed by atoms with Gasteiger partial charge in [0.15, 0.2) is 16.6 Å². The number of nitrogens with zero attached hydrogens (tertiary/aromatic N) is 1. The van der Waals surface area contributed by atoms with Crippen molar-refractivity contribution in [1.82, 2.24) is 15.2 Å². The predicted molar refractivity (Wildman–Crippen MR) is 123 cm³/mol. The van der Waals surface area contributed by atoms with Crippen LogP contribution in [-0.4, -0.2) is 55.5 Å². The molecule has 8 heteroatoms. The Labute approximate surface area is 182 Å². The number of hydrogen-bond acceptors (Lipinski definition) is 5. The highest BCUT2D eigenvalue weighted by Crippen LogP contribution is 2.31. The maximum absolute atomic E-state index is 12.8. The van der Waals surface area contributed by atoms with Crippen molar-refractivity contribution in [3.63, 3.8) is 0 Å². The summed E-state index contributed by atoms with van der Waals surface area (Å²) in [7, 11) is 4.88. The van der Waals surface area contributed by atoms with Crippen molar-refractivity contribution in [3.8, 4) is 11.5 Å². The fourth-order valence-electron chi connectivity index (χ4n) is 3.98. The number of benzene rings is 1. The van der Waals surface area contributed by atoms with Crippen LogP contribution in [0, 0.1) is 0 Å². The third-order valence-corrected chi connectivity index (χ3v) is 5.97. The van der Waals surface area contributed by atoms with E-state index in [1.54, 1.807) is 27.4 Å². The first-order chi connectivity index (χ1) is 14.6. The summed E-state index contributed by atoms with van der Waals surface area (Å²) in [6.45, 7) is 1.91. The lowest BCUT2D eigenvalue weighted by molar-refractivity contribution is 0.195. The van der Waals surface area contributed by atoms with Crippen LogP contribution in [0.25, 0.3) is 10.9 Å². The Morgan fingerprint density at radius 1 is 1.17 bits per heavy atom. The van der Waals surface area contributed by atoms with Gasteiger partial charge in [0.1, 0.15) is 0 Å². The summed E-state index contributed by atoms with van der Waals surface area (Å²) in [5.41, 5.74) is 1.29. The van der Waals surface area contributed by atoms with E-state index in [0.717, 1.165) is 31.2 Å². The number of methoxy groups -OCH3 is 3. The Hall–Kier alpha value is -2.32. The molecule has 0 aliphatic heterocycles. The Balaban J connectivity index is 1.86. The zero-order chi connectivity index (χ0) is 21.5. The molecular weight excluding hydrogens is 402 g/mol. The van der Waals surface area contributed by atoms with E-state index in [1.165, 1.54) is 12.8 Å². The van der Waals surface area contributed by atoms with E-state index in [4.69, 9.17) is 26.4 Å². The number of hydrogen-bond donors (Lipinski definition) is 2. The summed E-state index contributed by atoms with van der Waals surface area (Å²) in [6, 6.07) is 5.95. The molecule has 1 aliphatic rings. The van der Waals surface area contributed by atoms with Crippen LogP contribution in [0.3, 0.4) is 0 Å². The van der Waals surface area contributed by atoms with Gasteiger partial charge >= 0.3 is 0 Å². The number of ether oxygens (including phenoxy) is 3. The fraction of sp³-hybridized carbons (Fsp3) is 0.545. The van der Waals surface area contributed by atoms with Crippen molar-refractivity contribution in [3.05, 3.63) is 34.1 Å². The van der Waals surface area contributed by atoms with Gasteiger partial charge in [0.25, 0.3) is 5.56 Å². The van der Waals surface area contributed by atoms with Crippen molar-refractivity contribution in [2.45, 2.75) is 44.7 Å². The van der Waals surface area contributed by atoms with Crippen LogP contribution in [0.1, 0.15) is 37.7 Å². The smallest absolute Gasteiger partial charge is 0.253 e. The van der Waals surface area contributed by atoms with Gasteiger partial charge in [-0.3, -0.25) is 4.79 Å². The van der Waals surface area contributed by atoms with E-state index in [9.17, 15) is 4.79 Å². The highest BCUT2D eigenvalue weighted by atomic mass is 32.1. The fourth-order valence-corrected chi connectivity index (χ4v) is 4.29. The lowest BCUT2D eigenvalue weighted by Gasteiger charge is -2.31. The Kier molecular flexibility index (Phi) is 7.93. The van der Waals surface area contributed by atoms with E-state index in [-0.39, 0.29) is 5.56 Å². The van der Waals surface area contributed by atoms with E-state index < -0.39 is 0 Å². The SMILES string of the molecule is COCCCNC(=S)N(Cc1cc2cc(OC)c(OC)cc2[nH]c1=O)C1CCCC1. The molecular formula is C22H31N3O4S. The van der Waals surface area contributed by atoms with Gasteiger partial charge in [-0.25, -0.2) is 0 Å². The highest BCUT2D eigenvalue weighted by Gasteiger charge is 2.25. The predicted octanol–water partition coefficient (Wildman–Crippen LogP) is 3.20. The molecule has 0 atom stereocenters. The average Bonchev–Trinajstić information content (AvgIpc) is 3.28. The first-order valence-electron chi connectivity index (χ1n) is 10.4. The molecule has 0 spiro atoms. The van der Waals surface area contributed by atoms with Crippen LogP contribution in [-0.2, 0) is 11.3 Å². The zero-order valence-electron chi connectivity index (χ0n) is 18.0. The number of H-pyrrole nitrogens is 1. The minimum atomic E-state index is -0.111. The molecule has 0 bridgehead atoms. The van der Waals surface area contributed by atoms with Crippen LogP contribution in [0.15, 0.2) is 23.0 Å². The number of rotatable bonds is 9. The molecule has 0 saturated heterocycles. The summed E-state index contributed by atoms with van der Waals surface area (Å²) in [4.78, 5) is 18.0. The number of aromatic nitrogens is 1. The molecule has 30 heavy (non-hydrogen) atoms. The number of pyridine rings is 1. The van der Waals surface area contributed by atoms with Gasteiger partial charge in [-0.2, -0.15) is 0 Å². The van der Waals surface area contributed by atoms with Crippen LogP contribution < -0.4 is 20.3 Å². The van der Waals surface area contributed by atoms with Gasteiger partial charge in [-0.1, -0.05) is 12.8 Å². The van der Waals surface area contributed by atoms with Crippen LogP contribution >= 0.6 is 12.2 Å². The summed E-state index contributed by atoms with van der Waals surface area (Å²) in [5.74, 6) is 1.22. The summed E-state index contributed by atoms with van der Waals surface area (Å²) in [6.07, 6.45) is 5.46. The van der Waals surface area contributed by atoms with Gasteiger partial charge in [0.2, 0.25) is 0 Å². The average molecular weight is 434 g/mol. The van der Waals surface area contributed by atoms with Crippen molar-refractivity contribution in [2.75, 3.05) is 34.5 Å². The Bertz CT molecular complexity index is 924. The van der Waals surface area contributed by atoms with Crippen LogP contribution in [0.5, 0.6) is 11.5 Å². The van der Waals surface area contributed by atoms with Crippen molar-refractivity contribution < 1.29 is 14.2 Å². The van der Waals surface area contributed by atoms with E-state index in [1.807, 2.05) is 12.1 Å². The maximum atomic E-state index is 12.8. The summed E-state index contributed by atoms with van der Waals surface area (Å²) >= 11 is 5.70. The first kappa shape index (κ1) is 22.4. The summed E-state index contributed by atoms with van der Waals surface area (Å²) in [5, 5.41) is 4.93. The van der Waals surface area contributed by atoms with Gasteiger partial charge in [0.05, 0.1) is 26.3 Å². The van der Waals surface area contributed by atoms with Crippen molar-refractivity contribution in [2.24, 2.45) is 0 Å². The number of aromatic amines is 1. The third kappa shape index (κ3) is 5.23. The monoisotopic (exact) mass is 433 g/mol. The second-order valence-corrected chi connectivity index (χ2v) is 7.95. The second-order valence-electron chi connectivity index (χ2n) is 7.56. The van der Waals surface area contributed by atoms with Crippen LogP contribution in [0.2, 0.25) is 0 Å². The quantitative estimate of drug-likeness (QED) is 0.465. The molecule has 0 amide bonds. The second kappa shape index (κ2) is 10.6. The molecule has 7 nitrogen and oxygen atoms in total. The summed E-state index contributed by atoms with van der Waals surface area (Å²) < 4.78 is 15.9. The normalized spacial score (nSPS) is 14.1.